The van der Waals surface area contributed by atoms with Crippen LogP contribution in [0.2, 0.25) is 0 Å². The lowest BCUT2D eigenvalue weighted by molar-refractivity contribution is -0.127. The van der Waals surface area contributed by atoms with E-state index in [0.29, 0.717) is 13.0 Å². The van der Waals surface area contributed by atoms with Gasteiger partial charge in [-0.25, -0.2) is 0 Å². The van der Waals surface area contributed by atoms with Crippen molar-refractivity contribution in [2.75, 3.05) is 27.8 Å². The molecule has 0 unspecified atom stereocenters. The van der Waals surface area contributed by atoms with Gasteiger partial charge in [0.15, 0.2) is 0 Å². The molecule has 0 rings (SSSR count). The van der Waals surface area contributed by atoms with Gasteiger partial charge in [0.1, 0.15) is 0 Å². The minimum Gasteiger partial charge on any atom is -0.381 e. The highest BCUT2D eigenvalue weighted by atomic mass is 16.5. The second kappa shape index (κ2) is 5.92. The summed E-state index contributed by atoms with van der Waals surface area (Å²) in [7, 11) is 5.11. The zero-order valence-electron chi connectivity index (χ0n) is 7.33. The maximum Gasteiger partial charge on any atom is 0.225 e. The van der Waals surface area contributed by atoms with E-state index in [2.05, 4.69) is 0 Å². The maximum absolute atomic E-state index is 10.9. The lowest BCUT2D eigenvalue weighted by Gasteiger charge is -2.06. The van der Waals surface area contributed by atoms with Gasteiger partial charge in [0.25, 0.3) is 0 Å². The molecule has 11 heavy (non-hydrogen) atoms. The summed E-state index contributed by atoms with van der Waals surface area (Å²) >= 11 is 0. The molecule has 0 bridgehead atoms. The molecule has 0 aromatic carbocycles. The SMILES string of the molecule is COC/C=C/CC(=O)N(C)C. The fraction of sp³-hybridized carbons (Fsp3) is 0.625. The zero-order valence-corrected chi connectivity index (χ0v) is 7.33. The van der Waals surface area contributed by atoms with Gasteiger partial charge in [-0.2, -0.15) is 0 Å². The lowest BCUT2D eigenvalue weighted by atomic mass is 10.3. The smallest absolute Gasteiger partial charge is 0.225 e. The minimum absolute atomic E-state index is 0.109. The number of hydrogen-bond donors (Lipinski definition) is 0. The van der Waals surface area contributed by atoms with Crippen molar-refractivity contribution in [3.05, 3.63) is 12.2 Å². The van der Waals surface area contributed by atoms with Gasteiger partial charge in [0, 0.05) is 27.6 Å². The van der Waals surface area contributed by atoms with Gasteiger partial charge in [0.05, 0.1) is 6.61 Å². The molecule has 0 aliphatic carbocycles. The van der Waals surface area contributed by atoms with Crippen LogP contribution in [-0.4, -0.2) is 38.6 Å². The number of amides is 1. The Labute approximate surface area is 67.6 Å². The largest absolute Gasteiger partial charge is 0.381 e. The molecular formula is C8H15NO2. The van der Waals surface area contributed by atoms with E-state index in [9.17, 15) is 4.79 Å². The van der Waals surface area contributed by atoms with Gasteiger partial charge >= 0.3 is 0 Å². The molecule has 1 amide bonds. The predicted octanol–water partition coefficient (Wildman–Crippen LogP) is 0.667. The van der Waals surface area contributed by atoms with Gasteiger partial charge in [-0.05, 0) is 0 Å². The Morgan fingerprint density at radius 2 is 2.09 bits per heavy atom. The highest BCUT2D eigenvalue weighted by molar-refractivity contribution is 5.76. The van der Waals surface area contributed by atoms with E-state index in [1.807, 2.05) is 12.2 Å². The number of nitrogens with zero attached hydrogens (tertiary/aromatic N) is 1. The first-order valence-corrected chi connectivity index (χ1v) is 3.52. The first kappa shape index (κ1) is 10.2. The minimum atomic E-state index is 0.109. The third-order valence-electron chi connectivity index (χ3n) is 1.22. The first-order chi connectivity index (χ1) is 5.18. The molecule has 0 aliphatic rings. The van der Waals surface area contributed by atoms with Crippen LogP contribution in [0.3, 0.4) is 0 Å². The van der Waals surface area contributed by atoms with E-state index in [0.717, 1.165) is 0 Å². The summed E-state index contributed by atoms with van der Waals surface area (Å²) in [6.07, 6.45) is 4.10. The Bertz CT molecular complexity index is 141. The number of rotatable bonds is 4. The van der Waals surface area contributed by atoms with E-state index < -0.39 is 0 Å². The molecule has 3 nitrogen and oxygen atoms in total. The monoisotopic (exact) mass is 157 g/mol. The molecule has 0 N–H and O–H groups in total. The van der Waals surface area contributed by atoms with Crippen LogP contribution in [0.4, 0.5) is 0 Å². The number of ether oxygens (including phenoxy) is 1. The molecule has 0 radical (unpaired) electrons. The summed E-state index contributed by atoms with van der Waals surface area (Å²) in [5, 5.41) is 0. The van der Waals surface area contributed by atoms with E-state index >= 15 is 0 Å². The molecule has 0 aromatic heterocycles. The summed E-state index contributed by atoms with van der Waals surface area (Å²) in [5.74, 6) is 0.109. The van der Waals surface area contributed by atoms with E-state index in [-0.39, 0.29) is 5.91 Å². The zero-order chi connectivity index (χ0) is 8.69. The van der Waals surface area contributed by atoms with Crippen LogP contribution in [0.1, 0.15) is 6.42 Å². The van der Waals surface area contributed by atoms with Crippen LogP contribution in [0.25, 0.3) is 0 Å². The van der Waals surface area contributed by atoms with Crippen molar-refractivity contribution in [3.8, 4) is 0 Å². The average Bonchev–Trinajstić information content (AvgIpc) is 1.97. The molecule has 3 heteroatoms. The first-order valence-electron chi connectivity index (χ1n) is 3.52. The summed E-state index contributed by atoms with van der Waals surface area (Å²) in [6.45, 7) is 0.570. The van der Waals surface area contributed by atoms with Crippen LogP contribution in [0.15, 0.2) is 12.2 Å². The van der Waals surface area contributed by atoms with Gasteiger partial charge in [-0.15, -0.1) is 0 Å². The van der Waals surface area contributed by atoms with E-state index in [1.54, 1.807) is 26.1 Å². The van der Waals surface area contributed by atoms with Gasteiger partial charge in [-0.1, -0.05) is 12.2 Å². The fourth-order valence-electron chi connectivity index (χ4n) is 0.531. The number of hydrogen-bond acceptors (Lipinski definition) is 2. The van der Waals surface area contributed by atoms with Crippen molar-refractivity contribution in [1.29, 1.82) is 0 Å². The standard InChI is InChI=1S/C8H15NO2/c1-9(2)8(10)6-4-5-7-11-3/h4-5H,6-7H2,1-3H3/b5-4+. The molecule has 0 spiro atoms. The Hall–Kier alpha value is -0.830. The summed E-state index contributed by atoms with van der Waals surface area (Å²) in [4.78, 5) is 12.5. The van der Waals surface area contributed by atoms with Gasteiger partial charge in [-0.3, -0.25) is 4.79 Å². The van der Waals surface area contributed by atoms with Crippen LogP contribution in [0, 0.1) is 0 Å². The molecular weight excluding hydrogens is 142 g/mol. The Morgan fingerprint density at radius 3 is 2.55 bits per heavy atom. The third kappa shape index (κ3) is 5.61. The molecule has 0 saturated heterocycles. The molecule has 0 heterocycles. The van der Waals surface area contributed by atoms with Crippen LogP contribution in [0.5, 0.6) is 0 Å². The molecule has 0 aromatic rings. The van der Waals surface area contributed by atoms with Gasteiger partial charge in [0.2, 0.25) is 5.91 Å². The molecule has 0 aliphatic heterocycles. The van der Waals surface area contributed by atoms with Gasteiger partial charge < -0.3 is 9.64 Å². The van der Waals surface area contributed by atoms with Crippen LogP contribution in [-0.2, 0) is 9.53 Å². The summed E-state index contributed by atoms with van der Waals surface area (Å²) in [5.41, 5.74) is 0. The van der Waals surface area contributed by atoms with Crippen LogP contribution >= 0.6 is 0 Å². The molecule has 64 valence electrons. The number of carbonyl (C=O) groups excluding carboxylic acids is 1. The maximum atomic E-state index is 10.9. The van der Waals surface area contributed by atoms with E-state index in [1.165, 1.54) is 0 Å². The van der Waals surface area contributed by atoms with Crippen molar-refractivity contribution < 1.29 is 9.53 Å². The highest BCUT2D eigenvalue weighted by Gasteiger charge is 1.98. The second-order valence-electron chi connectivity index (χ2n) is 2.42. The second-order valence-corrected chi connectivity index (χ2v) is 2.42. The topological polar surface area (TPSA) is 29.5 Å². The Balaban J connectivity index is 3.45. The van der Waals surface area contributed by atoms with Crippen molar-refractivity contribution in [2.24, 2.45) is 0 Å². The lowest BCUT2D eigenvalue weighted by Crippen LogP contribution is -2.20. The fourth-order valence-corrected chi connectivity index (χ4v) is 0.531. The Kier molecular flexibility index (Phi) is 5.47. The quantitative estimate of drug-likeness (QED) is 0.561. The summed E-state index contributed by atoms with van der Waals surface area (Å²) in [6, 6.07) is 0. The van der Waals surface area contributed by atoms with Crippen molar-refractivity contribution in [2.45, 2.75) is 6.42 Å². The van der Waals surface area contributed by atoms with Crippen molar-refractivity contribution in [1.82, 2.24) is 4.90 Å². The molecule has 0 saturated carbocycles. The molecule has 0 atom stereocenters. The number of methoxy groups -OCH3 is 1. The van der Waals surface area contributed by atoms with Crippen molar-refractivity contribution in [3.63, 3.8) is 0 Å². The number of carbonyl (C=O) groups is 1. The van der Waals surface area contributed by atoms with Crippen LogP contribution < -0.4 is 0 Å². The third-order valence-corrected chi connectivity index (χ3v) is 1.22. The highest BCUT2D eigenvalue weighted by Crippen LogP contribution is 1.88. The normalized spacial score (nSPS) is 10.5. The van der Waals surface area contributed by atoms with Crippen molar-refractivity contribution >= 4 is 5.91 Å². The Morgan fingerprint density at radius 1 is 1.45 bits per heavy atom. The molecule has 0 fully saturated rings. The van der Waals surface area contributed by atoms with E-state index in [4.69, 9.17) is 4.74 Å². The summed E-state index contributed by atoms with van der Waals surface area (Å²) < 4.78 is 4.77. The average molecular weight is 157 g/mol. The predicted molar refractivity (Wildman–Crippen MR) is 44.3 cm³/mol.